The van der Waals surface area contributed by atoms with Gasteiger partial charge in [0.05, 0.1) is 16.9 Å². The van der Waals surface area contributed by atoms with E-state index in [0.29, 0.717) is 33.1 Å². The first-order chi connectivity index (χ1) is 17.7. The van der Waals surface area contributed by atoms with Gasteiger partial charge >= 0.3 is 6.36 Å². The fourth-order valence-electron chi connectivity index (χ4n) is 3.52. The first-order valence-corrected chi connectivity index (χ1v) is 11.5. The van der Waals surface area contributed by atoms with Crippen molar-refractivity contribution in [2.45, 2.75) is 17.8 Å². The number of carbonyl (C=O) groups excluding carboxylic acids is 2. The zero-order valence-electron chi connectivity index (χ0n) is 18.7. The molecule has 2 aromatic carbocycles. The van der Waals surface area contributed by atoms with Crippen molar-refractivity contribution in [3.05, 3.63) is 66.2 Å². The molecular formula is C23H17F3N6O4S. The molecule has 0 saturated carbocycles. The highest BCUT2D eigenvalue weighted by molar-refractivity contribution is 8.00. The smallest absolute Gasteiger partial charge is 0.482 e. The van der Waals surface area contributed by atoms with E-state index < -0.39 is 12.3 Å². The molecule has 14 heteroatoms. The van der Waals surface area contributed by atoms with Crippen LogP contribution in [0.25, 0.3) is 11.0 Å². The molecule has 0 fully saturated rings. The number of hydrogen-bond donors (Lipinski definition) is 4. The number of nitrogens with one attached hydrogen (secondary N) is 4. The fraction of sp³-hybridized carbons (Fsp3) is 0.130. The minimum Gasteiger partial charge on any atom is -0.482 e. The third-order valence-corrected chi connectivity index (χ3v) is 5.97. The van der Waals surface area contributed by atoms with Crippen LogP contribution in [0, 0.1) is 0 Å². The minimum atomic E-state index is -4.76. The van der Waals surface area contributed by atoms with Crippen LogP contribution in [0.1, 0.15) is 16.1 Å². The van der Waals surface area contributed by atoms with Gasteiger partial charge in [-0.15, -0.1) is 13.2 Å². The molecule has 3 heterocycles. The number of benzene rings is 2. The molecule has 0 saturated heterocycles. The summed E-state index contributed by atoms with van der Waals surface area (Å²) in [6.45, 7) is 0.144. The molecule has 2 aromatic heterocycles. The maximum atomic E-state index is 12.9. The lowest BCUT2D eigenvalue weighted by atomic mass is 10.1. The molecule has 1 aliphatic rings. The van der Waals surface area contributed by atoms with Gasteiger partial charge in [-0.05, 0) is 53.9 Å². The third-order valence-electron chi connectivity index (χ3n) is 5.14. The summed E-state index contributed by atoms with van der Waals surface area (Å²) >= 11 is 1.14. The van der Waals surface area contributed by atoms with Crippen LogP contribution in [0.5, 0.6) is 11.5 Å². The Labute approximate surface area is 211 Å². The summed E-state index contributed by atoms with van der Waals surface area (Å²) in [4.78, 5) is 36.3. The second kappa shape index (κ2) is 9.89. The van der Waals surface area contributed by atoms with Crippen LogP contribution >= 0.6 is 11.9 Å². The lowest BCUT2D eigenvalue weighted by molar-refractivity contribution is -0.274. The molecule has 5 rings (SSSR count). The Morgan fingerprint density at radius 3 is 2.76 bits per heavy atom. The Morgan fingerprint density at radius 2 is 1.97 bits per heavy atom. The highest BCUT2D eigenvalue weighted by atomic mass is 32.2. The van der Waals surface area contributed by atoms with Crippen molar-refractivity contribution < 1.29 is 32.2 Å². The van der Waals surface area contributed by atoms with E-state index in [4.69, 9.17) is 4.74 Å². The first kappa shape index (κ1) is 24.2. The summed E-state index contributed by atoms with van der Waals surface area (Å²) in [5.74, 6) is -0.451. The number of nitrogens with zero attached hydrogens (tertiary/aromatic N) is 2. The van der Waals surface area contributed by atoms with E-state index in [1.54, 1.807) is 24.4 Å². The standard InChI is InChI=1S/C23H17F3N6O4S/c24-23(25,26)36-13-2-4-14(5-3-13)37-32-16-9-27-20-19(16)29-11-30-21(20)22(34)28-8-12-1-6-17-15(7-12)31-18(33)10-35-17/h1-7,9,11,27,32H,8,10H2,(H,28,34)(H,31,33). The van der Waals surface area contributed by atoms with Crippen molar-refractivity contribution in [2.75, 3.05) is 16.6 Å². The molecule has 4 N–H and O–H groups in total. The Bertz CT molecular complexity index is 1480. The molecule has 0 atom stereocenters. The molecule has 10 nitrogen and oxygen atoms in total. The van der Waals surface area contributed by atoms with Crippen molar-refractivity contribution in [1.82, 2.24) is 20.3 Å². The van der Waals surface area contributed by atoms with Crippen molar-refractivity contribution in [1.29, 1.82) is 0 Å². The van der Waals surface area contributed by atoms with E-state index in [-0.39, 0.29) is 30.5 Å². The van der Waals surface area contributed by atoms with Crippen LogP contribution in [0.2, 0.25) is 0 Å². The summed E-state index contributed by atoms with van der Waals surface area (Å²) < 4.78 is 49.2. The number of halogens is 3. The van der Waals surface area contributed by atoms with Gasteiger partial charge in [-0.25, -0.2) is 9.97 Å². The van der Waals surface area contributed by atoms with Gasteiger partial charge in [0.1, 0.15) is 23.3 Å². The summed E-state index contributed by atoms with van der Waals surface area (Å²) in [5, 5.41) is 5.51. The maximum Gasteiger partial charge on any atom is 0.573 e. The minimum absolute atomic E-state index is 0.0402. The SMILES string of the molecule is O=C1COc2ccc(CNC(=O)c3ncnc4c(NSc5ccc(OC(F)(F)F)cc5)c[nH]c34)cc2N1. The number of hydrogen-bond acceptors (Lipinski definition) is 8. The van der Waals surface area contributed by atoms with E-state index in [0.717, 1.165) is 17.5 Å². The Balaban J connectivity index is 1.24. The molecule has 0 radical (unpaired) electrons. The van der Waals surface area contributed by atoms with Gasteiger partial charge in [0, 0.05) is 17.6 Å². The monoisotopic (exact) mass is 530 g/mol. The molecule has 0 spiro atoms. The second-order valence-corrected chi connectivity index (χ2v) is 8.60. The predicted octanol–water partition coefficient (Wildman–Crippen LogP) is 4.24. The zero-order chi connectivity index (χ0) is 26.0. The van der Waals surface area contributed by atoms with Gasteiger partial charge in [0.15, 0.2) is 12.3 Å². The number of carbonyl (C=O) groups is 2. The largest absolute Gasteiger partial charge is 0.573 e. The molecule has 1 aliphatic heterocycles. The Morgan fingerprint density at radius 1 is 1.16 bits per heavy atom. The molecule has 37 heavy (non-hydrogen) atoms. The van der Waals surface area contributed by atoms with Crippen LogP contribution in [-0.4, -0.2) is 39.7 Å². The van der Waals surface area contributed by atoms with E-state index in [9.17, 15) is 22.8 Å². The van der Waals surface area contributed by atoms with Crippen LogP contribution < -0.4 is 24.8 Å². The Hall–Kier alpha value is -4.46. The summed E-state index contributed by atoms with van der Waals surface area (Å²) in [5.41, 5.74) is 2.83. The number of rotatable bonds is 7. The third kappa shape index (κ3) is 5.69. The highest BCUT2D eigenvalue weighted by Gasteiger charge is 2.31. The number of ether oxygens (including phenoxy) is 2. The Kier molecular flexibility index (Phi) is 6.48. The lowest BCUT2D eigenvalue weighted by Gasteiger charge is -2.18. The lowest BCUT2D eigenvalue weighted by Crippen LogP contribution is -2.26. The van der Waals surface area contributed by atoms with E-state index in [2.05, 4.69) is 35.0 Å². The number of fused-ring (bicyclic) bond motifs is 2. The van der Waals surface area contributed by atoms with Gasteiger partial charge in [-0.3, -0.25) is 9.59 Å². The molecular weight excluding hydrogens is 513 g/mol. The zero-order valence-corrected chi connectivity index (χ0v) is 19.5. The quantitative estimate of drug-likeness (QED) is 0.261. The van der Waals surface area contributed by atoms with Gasteiger partial charge in [-0.2, -0.15) is 0 Å². The summed E-state index contributed by atoms with van der Waals surface area (Å²) in [6, 6.07) is 10.6. The molecule has 0 bridgehead atoms. The van der Waals surface area contributed by atoms with Crippen LogP contribution in [-0.2, 0) is 11.3 Å². The van der Waals surface area contributed by atoms with Gasteiger partial charge < -0.3 is 29.8 Å². The predicted molar refractivity (Wildman–Crippen MR) is 128 cm³/mol. The number of aromatic amines is 1. The van der Waals surface area contributed by atoms with E-state index >= 15 is 0 Å². The van der Waals surface area contributed by atoms with Crippen LogP contribution in [0.4, 0.5) is 24.5 Å². The van der Waals surface area contributed by atoms with Crippen molar-refractivity contribution >= 4 is 46.2 Å². The van der Waals surface area contributed by atoms with Gasteiger partial charge in [0.25, 0.3) is 11.8 Å². The maximum absolute atomic E-state index is 12.9. The normalized spacial score (nSPS) is 12.9. The van der Waals surface area contributed by atoms with Crippen LogP contribution in [0.15, 0.2) is 59.9 Å². The second-order valence-electron chi connectivity index (χ2n) is 7.72. The number of anilines is 2. The van der Waals surface area contributed by atoms with Gasteiger partial charge in [0.2, 0.25) is 0 Å². The average Bonchev–Trinajstić information content (AvgIpc) is 3.29. The fourth-order valence-corrected chi connectivity index (χ4v) is 4.17. The summed E-state index contributed by atoms with van der Waals surface area (Å²) in [6.07, 6.45) is -1.89. The van der Waals surface area contributed by atoms with Gasteiger partial charge in [-0.1, -0.05) is 6.07 Å². The van der Waals surface area contributed by atoms with Crippen LogP contribution in [0.3, 0.4) is 0 Å². The topological polar surface area (TPSA) is 130 Å². The summed E-state index contributed by atoms with van der Waals surface area (Å²) in [7, 11) is 0. The van der Waals surface area contributed by atoms with E-state index in [1.807, 2.05) is 0 Å². The number of amides is 2. The number of aromatic nitrogens is 3. The average molecular weight is 530 g/mol. The molecule has 190 valence electrons. The van der Waals surface area contributed by atoms with Crippen molar-refractivity contribution in [3.63, 3.8) is 0 Å². The highest BCUT2D eigenvalue weighted by Crippen LogP contribution is 2.30. The van der Waals surface area contributed by atoms with Crippen molar-refractivity contribution in [2.24, 2.45) is 0 Å². The number of alkyl halides is 3. The number of H-pyrrole nitrogens is 1. The molecule has 0 unspecified atom stereocenters. The first-order valence-electron chi connectivity index (χ1n) is 10.7. The molecule has 2 amide bonds. The molecule has 4 aromatic rings. The van der Waals surface area contributed by atoms with Crippen molar-refractivity contribution in [3.8, 4) is 11.5 Å². The molecule has 0 aliphatic carbocycles. The van der Waals surface area contributed by atoms with E-state index in [1.165, 1.54) is 30.6 Å².